The third-order valence-corrected chi connectivity index (χ3v) is 2.57. The van der Waals surface area contributed by atoms with Crippen LogP contribution >= 0.6 is 0 Å². The SMILES string of the molecule is [B]c1ccc(-c2cc(C=C)c(C)cc2O)nn1. The van der Waals surface area contributed by atoms with Gasteiger partial charge in [-0.15, -0.1) is 0 Å². The molecule has 1 aromatic heterocycles. The lowest BCUT2D eigenvalue weighted by Gasteiger charge is -2.08. The first kappa shape index (κ1) is 11.4. The highest BCUT2D eigenvalue weighted by atomic mass is 16.3. The van der Waals surface area contributed by atoms with Gasteiger partial charge in [0.25, 0.3) is 0 Å². The van der Waals surface area contributed by atoms with E-state index in [4.69, 9.17) is 7.85 Å². The Morgan fingerprint density at radius 3 is 2.65 bits per heavy atom. The van der Waals surface area contributed by atoms with E-state index < -0.39 is 0 Å². The van der Waals surface area contributed by atoms with Crippen molar-refractivity contribution in [3.05, 3.63) is 42.0 Å². The Morgan fingerprint density at radius 1 is 1.29 bits per heavy atom. The van der Waals surface area contributed by atoms with E-state index in [1.807, 2.05) is 13.0 Å². The highest BCUT2D eigenvalue weighted by molar-refractivity contribution is 6.30. The van der Waals surface area contributed by atoms with Gasteiger partial charge in [-0.2, -0.15) is 10.2 Å². The summed E-state index contributed by atoms with van der Waals surface area (Å²) in [6.07, 6.45) is 1.74. The highest BCUT2D eigenvalue weighted by Gasteiger charge is 2.08. The Morgan fingerprint density at radius 2 is 2.06 bits per heavy atom. The minimum absolute atomic E-state index is 0.173. The number of aryl methyl sites for hydroxylation is 1. The van der Waals surface area contributed by atoms with Gasteiger partial charge in [-0.25, -0.2) is 0 Å². The molecule has 2 radical (unpaired) electrons. The van der Waals surface area contributed by atoms with Crippen molar-refractivity contribution >= 4 is 19.5 Å². The molecule has 0 bridgehead atoms. The van der Waals surface area contributed by atoms with Crippen LogP contribution in [-0.2, 0) is 0 Å². The van der Waals surface area contributed by atoms with Crippen LogP contribution in [-0.4, -0.2) is 23.2 Å². The van der Waals surface area contributed by atoms with Gasteiger partial charge in [0, 0.05) is 11.2 Å². The fourth-order valence-electron chi connectivity index (χ4n) is 1.62. The number of phenols is 1. The summed E-state index contributed by atoms with van der Waals surface area (Å²) in [7, 11) is 5.47. The van der Waals surface area contributed by atoms with Crippen LogP contribution in [0.2, 0.25) is 0 Å². The molecule has 0 unspecified atom stereocenters. The van der Waals surface area contributed by atoms with Crippen LogP contribution in [0, 0.1) is 6.92 Å². The Balaban J connectivity index is 2.58. The van der Waals surface area contributed by atoms with Crippen LogP contribution in [0.1, 0.15) is 11.1 Å². The molecule has 1 heterocycles. The molecule has 0 fully saturated rings. The minimum Gasteiger partial charge on any atom is -0.507 e. The van der Waals surface area contributed by atoms with Crippen LogP contribution in [0.3, 0.4) is 0 Å². The van der Waals surface area contributed by atoms with Gasteiger partial charge in [0.1, 0.15) is 13.6 Å². The number of hydrogen-bond donors (Lipinski definition) is 1. The van der Waals surface area contributed by atoms with Gasteiger partial charge in [0.05, 0.1) is 5.69 Å². The Kier molecular flexibility index (Phi) is 2.96. The summed E-state index contributed by atoms with van der Waals surface area (Å²) in [6.45, 7) is 5.64. The van der Waals surface area contributed by atoms with E-state index in [9.17, 15) is 5.11 Å². The molecule has 17 heavy (non-hydrogen) atoms. The van der Waals surface area contributed by atoms with E-state index in [0.29, 0.717) is 16.9 Å². The molecule has 0 amide bonds. The zero-order valence-electron chi connectivity index (χ0n) is 9.51. The van der Waals surface area contributed by atoms with Gasteiger partial charge in [-0.1, -0.05) is 12.7 Å². The van der Waals surface area contributed by atoms with Crippen molar-refractivity contribution in [1.29, 1.82) is 0 Å². The van der Waals surface area contributed by atoms with Crippen molar-refractivity contribution in [2.75, 3.05) is 0 Å². The van der Waals surface area contributed by atoms with Gasteiger partial charge in [-0.3, -0.25) is 0 Å². The zero-order chi connectivity index (χ0) is 12.4. The first-order valence-electron chi connectivity index (χ1n) is 5.17. The summed E-state index contributed by atoms with van der Waals surface area (Å²) >= 11 is 0. The Hall–Kier alpha value is -2.10. The predicted octanol–water partition coefficient (Wildman–Crippen LogP) is 1.59. The molecule has 0 saturated heterocycles. The van der Waals surface area contributed by atoms with E-state index >= 15 is 0 Å². The lowest BCUT2D eigenvalue weighted by molar-refractivity contribution is 0.476. The molecular weight excluding hydrogens is 211 g/mol. The zero-order valence-corrected chi connectivity index (χ0v) is 9.51. The second-order valence-electron chi connectivity index (χ2n) is 3.77. The monoisotopic (exact) mass is 222 g/mol. The lowest BCUT2D eigenvalue weighted by atomic mass is 10.0. The van der Waals surface area contributed by atoms with Crippen molar-refractivity contribution in [3.63, 3.8) is 0 Å². The van der Waals surface area contributed by atoms with Crippen LogP contribution in [0.5, 0.6) is 5.75 Å². The maximum absolute atomic E-state index is 9.90. The lowest BCUT2D eigenvalue weighted by Crippen LogP contribution is -2.09. The highest BCUT2D eigenvalue weighted by Crippen LogP contribution is 2.30. The molecule has 0 aliphatic carbocycles. The van der Waals surface area contributed by atoms with Crippen LogP contribution < -0.4 is 5.59 Å². The third kappa shape index (κ3) is 2.20. The van der Waals surface area contributed by atoms with Gasteiger partial charge < -0.3 is 5.11 Å². The molecule has 2 aromatic rings. The number of rotatable bonds is 2. The molecule has 0 aliphatic heterocycles. The molecular formula is C13H11BN2O. The van der Waals surface area contributed by atoms with Gasteiger partial charge in [0.15, 0.2) is 0 Å². The average Bonchev–Trinajstić information content (AvgIpc) is 2.31. The number of benzene rings is 1. The van der Waals surface area contributed by atoms with Crippen LogP contribution in [0.15, 0.2) is 30.8 Å². The summed E-state index contributed by atoms with van der Waals surface area (Å²) in [5.74, 6) is 0.173. The predicted molar refractivity (Wildman–Crippen MR) is 69.3 cm³/mol. The van der Waals surface area contributed by atoms with Crippen molar-refractivity contribution in [3.8, 4) is 17.0 Å². The molecule has 0 aliphatic rings. The van der Waals surface area contributed by atoms with E-state index in [1.54, 1.807) is 24.3 Å². The molecule has 1 N–H and O–H groups in total. The number of nitrogens with zero attached hydrogens (tertiary/aromatic N) is 2. The second kappa shape index (κ2) is 4.41. The van der Waals surface area contributed by atoms with Gasteiger partial charge in [0.2, 0.25) is 0 Å². The number of hydrogen-bond acceptors (Lipinski definition) is 3. The molecule has 3 nitrogen and oxygen atoms in total. The smallest absolute Gasteiger partial charge is 0.144 e. The Labute approximate surface area is 101 Å². The standard InChI is InChI=1S/C13H11BN2O/c1-3-9-7-10(12(17)6-8(9)2)11-4-5-13(14)16-15-11/h3-7,17H,1H2,2H3. The normalized spacial score (nSPS) is 10.2. The number of phenolic OH excluding ortho intramolecular Hbond substituents is 1. The molecule has 0 spiro atoms. The fraction of sp³-hybridized carbons (Fsp3) is 0.0769. The van der Waals surface area contributed by atoms with E-state index in [-0.39, 0.29) is 5.75 Å². The summed E-state index contributed by atoms with van der Waals surface area (Å²) in [4.78, 5) is 0. The molecule has 4 heteroatoms. The first-order chi connectivity index (χ1) is 8.11. The van der Waals surface area contributed by atoms with Crippen molar-refractivity contribution < 1.29 is 5.11 Å². The van der Waals surface area contributed by atoms with Crippen molar-refractivity contribution in [1.82, 2.24) is 10.2 Å². The summed E-state index contributed by atoms with van der Waals surface area (Å²) in [6, 6.07) is 6.89. The largest absolute Gasteiger partial charge is 0.507 e. The van der Waals surface area contributed by atoms with Gasteiger partial charge in [-0.05, 0) is 42.3 Å². The topological polar surface area (TPSA) is 46.0 Å². The fourth-order valence-corrected chi connectivity index (χ4v) is 1.62. The van der Waals surface area contributed by atoms with Crippen molar-refractivity contribution in [2.24, 2.45) is 0 Å². The van der Waals surface area contributed by atoms with E-state index in [2.05, 4.69) is 16.8 Å². The quantitative estimate of drug-likeness (QED) is 0.785. The average molecular weight is 222 g/mol. The number of aromatic hydroxyl groups is 1. The second-order valence-corrected chi connectivity index (χ2v) is 3.77. The van der Waals surface area contributed by atoms with Crippen molar-refractivity contribution in [2.45, 2.75) is 6.92 Å². The van der Waals surface area contributed by atoms with Gasteiger partial charge >= 0.3 is 0 Å². The molecule has 0 saturated carbocycles. The minimum atomic E-state index is 0.173. The number of aromatic nitrogens is 2. The van der Waals surface area contributed by atoms with E-state index in [0.717, 1.165) is 11.1 Å². The third-order valence-electron chi connectivity index (χ3n) is 2.57. The maximum atomic E-state index is 9.90. The summed E-state index contributed by atoms with van der Waals surface area (Å²) < 4.78 is 0. The molecule has 0 atom stereocenters. The summed E-state index contributed by atoms with van der Waals surface area (Å²) in [5.41, 5.74) is 3.48. The summed E-state index contributed by atoms with van der Waals surface area (Å²) in [5, 5.41) is 17.6. The van der Waals surface area contributed by atoms with Crippen LogP contribution in [0.25, 0.3) is 17.3 Å². The first-order valence-corrected chi connectivity index (χ1v) is 5.17. The maximum Gasteiger partial charge on any atom is 0.144 e. The van der Waals surface area contributed by atoms with E-state index in [1.165, 1.54) is 0 Å². The molecule has 82 valence electrons. The Bertz CT molecular complexity index is 564. The molecule has 2 rings (SSSR count). The van der Waals surface area contributed by atoms with Crippen LogP contribution in [0.4, 0.5) is 0 Å². The molecule has 1 aromatic carbocycles.